The van der Waals surface area contributed by atoms with Gasteiger partial charge in [0.25, 0.3) is 0 Å². The molecule has 0 unspecified atom stereocenters. The van der Waals surface area contributed by atoms with E-state index in [0.717, 1.165) is 48.3 Å². The van der Waals surface area contributed by atoms with E-state index < -0.39 is 5.91 Å². The molecule has 0 bridgehead atoms. The molecule has 9 heteroatoms. The second-order valence-corrected chi connectivity index (χ2v) is 8.97. The molecule has 2 aliphatic rings. The Kier molecular flexibility index (Phi) is 5.16. The van der Waals surface area contributed by atoms with Gasteiger partial charge in [0.15, 0.2) is 12.3 Å². The lowest BCUT2D eigenvalue weighted by Gasteiger charge is -2.16. The Morgan fingerprint density at radius 1 is 1.10 bits per heavy atom. The van der Waals surface area contributed by atoms with Crippen LogP contribution in [0.3, 0.4) is 0 Å². The number of hydrogen-bond donors (Lipinski definition) is 2. The summed E-state index contributed by atoms with van der Waals surface area (Å²) in [6, 6.07) is 9.34. The molecule has 3 aromatic rings. The highest BCUT2D eigenvalue weighted by atomic mass is 32.2. The van der Waals surface area contributed by atoms with E-state index in [-0.39, 0.29) is 12.3 Å². The zero-order valence-electron chi connectivity index (χ0n) is 16.2. The minimum Gasteiger partial charge on any atom is -0.366 e. The van der Waals surface area contributed by atoms with Crippen LogP contribution < -0.4 is 11.1 Å². The molecule has 1 heterocycles. The molecule has 5 rings (SSSR count). The summed E-state index contributed by atoms with van der Waals surface area (Å²) in [5, 5.41) is 7.99. The molecule has 30 heavy (non-hydrogen) atoms. The fourth-order valence-corrected chi connectivity index (χ4v) is 5.57. The van der Waals surface area contributed by atoms with Crippen LogP contribution in [0.2, 0.25) is 0 Å². The van der Waals surface area contributed by atoms with Crippen molar-refractivity contribution in [2.24, 2.45) is 5.73 Å². The number of hydrogen-bond acceptors (Lipinski definition) is 6. The Morgan fingerprint density at radius 2 is 1.80 bits per heavy atom. The molecule has 0 spiro atoms. The summed E-state index contributed by atoms with van der Waals surface area (Å²) < 4.78 is 14.8. The van der Waals surface area contributed by atoms with Crippen molar-refractivity contribution in [3.8, 4) is 0 Å². The molecule has 0 aliphatic heterocycles. The quantitative estimate of drug-likeness (QED) is 0.580. The summed E-state index contributed by atoms with van der Waals surface area (Å²) in [6.45, 7) is 0. The van der Waals surface area contributed by atoms with Crippen LogP contribution in [0.15, 0.2) is 40.4 Å². The first kappa shape index (κ1) is 19.4. The molecule has 0 saturated carbocycles. The number of halogens is 1. The monoisotopic (exact) mass is 441 g/mol. The molecule has 1 aromatic heterocycles. The predicted octanol–water partition coefficient (Wildman–Crippen LogP) is 4.63. The molecular weight excluding hydrogens is 421 g/mol. The number of nitrogens with zero attached hydrogens (tertiary/aromatic N) is 3. The van der Waals surface area contributed by atoms with Gasteiger partial charge >= 0.3 is 0 Å². The van der Waals surface area contributed by atoms with Crippen LogP contribution in [-0.2, 0) is 25.7 Å². The average Bonchev–Trinajstić information content (AvgIpc) is 3.47. The van der Waals surface area contributed by atoms with Gasteiger partial charge in [-0.3, -0.25) is 4.79 Å². The molecular formula is C21H20FN5OS2. The van der Waals surface area contributed by atoms with E-state index in [1.807, 2.05) is 6.07 Å². The maximum Gasteiger partial charge on any atom is 0.249 e. The van der Waals surface area contributed by atoms with Crippen LogP contribution in [0.1, 0.15) is 45.5 Å². The molecule has 1 amide bonds. The lowest BCUT2D eigenvalue weighted by atomic mass is 9.99. The van der Waals surface area contributed by atoms with Crippen LogP contribution in [0.5, 0.6) is 0 Å². The van der Waals surface area contributed by atoms with Gasteiger partial charge in [-0.05, 0) is 84.7 Å². The summed E-state index contributed by atoms with van der Waals surface area (Å²) >= 11 is 1.19. The van der Waals surface area contributed by atoms with Crippen LogP contribution in [0, 0.1) is 0 Å². The Bertz CT molecular complexity index is 1110. The predicted molar refractivity (Wildman–Crippen MR) is 117 cm³/mol. The largest absolute Gasteiger partial charge is 0.366 e. The van der Waals surface area contributed by atoms with E-state index in [0.29, 0.717) is 21.6 Å². The van der Waals surface area contributed by atoms with E-state index in [1.165, 1.54) is 34.0 Å². The lowest BCUT2D eigenvalue weighted by molar-refractivity contribution is 0.0997. The highest BCUT2D eigenvalue weighted by molar-refractivity contribution is 7.99. The van der Waals surface area contributed by atoms with Gasteiger partial charge in [0.2, 0.25) is 17.0 Å². The number of rotatable bonds is 6. The molecule has 3 N–H and O–H groups in total. The Hall–Kier alpha value is -2.52. The normalized spacial score (nSPS) is 14.6. The minimum atomic E-state index is -0.522. The van der Waals surface area contributed by atoms with Gasteiger partial charge in [0, 0.05) is 10.6 Å². The number of benzene rings is 2. The highest BCUT2D eigenvalue weighted by Gasteiger charge is 2.25. The van der Waals surface area contributed by atoms with Gasteiger partial charge in [-0.2, -0.15) is 4.98 Å². The third-order valence-electron chi connectivity index (χ3n) is 5.69. The highest BCUT2D eigenvalue weighted by Crippen LogP contribution is 2.40. The number of amides is 1. The summed E-state index contributed by atoms with van der Waals surface area (Å²) in [5.74, 6) is -0.179. The maximum atomic E-state index is 13.7. The van der Waals surface area contributed by atoms with Crippen molar-refractivity contribution in [2.45, 2.75) is 48.6 Å². The zero-order valence-corrected chi connectivity index (χ0v) is 17.8. The second-order valence-electron chi connectivity index (χ2n) is 7.48. The summed E-state index contributed by atoms with van der Waals surface area (Å²) in [6.07, 6.45) is 6.51. The van der Waals surface area contributed by atoms with Crippen LogP contribution >= 0.6 is 24.1 Å². The van der Waals surface area contributed by atoms with Crippen molar-refractivity contribution < 1.29 is 8.68 Å². The van der Waals surface area contributed by atoms with E-state index in [9.17, 15) is 8.68 Å². The summed E-state index contributed by atoms with van der Waals surface area (Å²) in [5.41, 5.74) is 12.4. The number of carbonyl (C=O) groups excluding carboxylic acids is 1. The Labute approximate surface area is 182 Å². The maximum absolute atomic E-state index is 13.7. The molecule has 2 aromatic carbocycles. The van der Waals surface area contributed by atoms with Crippen molar-refractivity contribution in [3.63, 3.8) is 0 Å². The zero-order chi connectivity index (χ0) is 20.7. The van der Waals surface area contributed by atoms with E-state index in [2.05, 4.69) is 21.5 Å². The van der Waals surface area contributed by atoms with Crippen LogP contribution in [0.25, 0.3) is 0 Å². The smallest absolute Gasteiger partial charge is 0.249 e. The number of anilines is 2. The molecule has 0 radical (unpaired) electrons. The van der Waals surface area contributed by atoms with E-state index >= 15 is 0 Å². The number of carbonyl (C=O) groups is 1. The summed E-state index contributed by atoms with van der Waals surface area (Å²) in [7, 11) is 0. The first-order valence-electron chi connectivity index (χ1n) is 9.90. The van der Waals surface area contributed by atoms with Crippen molar-refractivity contribution in [3.05, 3.63) is 58.1 Å². The van der Waals surface area contributed by atoms with Crippen molar-refractivity contribution in [1.82, 2.24) is 14.2 Å². The topological polar surface area (TPSA) is 85.8 Å². The van der Waals surface area contributed by atoms with Gasteiger partial charge in [-0.25, -0.2) is 0 Å². The van der Waals surface area contributed by atoms with Crippen LogP contribution in [-0.4, -0.2) is 20.1 Å². The molecule has 6 nitrogen and oxygen atoms in total. The molecule has 0 atom stereocenters. The summed E-state index contributed by atoms with van der Waals surface area (Å²) in [4.78, 5) is 16.8. The lowest BCUT2D eigenvalue weighted by Crippen LogP contribution is -2.11. The SMILES string of the molecule is NC(=O)c1ccccc1Sc1nc(Nc2c3c(cc4c2CCC4)CCC3)n(SF)n1. The number of nitrogens with one attached hydrogen (secondary N) is 1. The van der Waals surface area contributed by atoms with E-state index in [4.69, 9.17) is 5.73 Å². The number of primary amides is 1. The standard InChI is InChI=1S/C21H20FN5OS2/c22-30-27-20(25-21(26-27)29-17-10-2-1-7-16(17)19(23)28)24-18-14-8-3-5-12(14)11-13-6-4-9-15(13)18/h1-2,7,10-11H,3-6,8-9H2,(H2,23,28)(H,24,25,26). The van der Waals surface area contributed by atoms with Crippen molar-refractivity contribution >= 4 is 41.6 Å². The number of aryl methyl sites for hydroxylation is 2. The second kappa shape index (κ2) is 7.96. The van der Waals surface area contributed by atoms with Crippen molar-refractivity contribution in [2.75, 3.05) is 5.32 Å². The molecule has 2 aliphatic carbocycles. The van der Waals surface area contributed by atoms with Gasteiger partial charge in [0.05, 0.1) is 5.56 Å². The number of nitrogens with two attached hydrogens (primary N) is 1. The fraction of sp³-hybridized carbons (Fsp3) is 0.286. The number of fused-ring (bicyclic) bond motifs is 2. The first-order valence-corrected chi connectivity index (χ1v) is 11.4. The van der Waals surface area contributed by atoms with Gasteiger partial charge < -0.3 is 11.1 Å². The third-order valence-corrected chi connectivity index (χ3v) is 7.00. The number of aromatic nitrogens is 3. The Morgan fingerprint density at radius 3 is 2.47 bits per heavy atom. The van der Waals surface area contributed by atoms with E-state index in [1.54, 1.807) is 18.2 Å². The molecule has 0 fully saturated rings. The third kappa shape index (κ3) is 3.45. The van der Waals surface area contributed by atoms with Crippen molar-refractivity contribution in [1.29, 1.82) is 0 Å². The average molecular weight is 442 g/mol. The Balaban J connectivity index is 1.49. The van der Waals surface area contributed by atoms with Gasteiger partial charge in [0.1, 0.15) is 0 Å². The molecule has 0 saturated heterocycles. The first-order chi connectivity index (χ1) is 14.6. The van der Waals surface area contributed by atoms with Gasteiger partial charge in [-0.15, -0.1) is 13.1 Å². The van der Waals surface area contributed by atoms with Crippen LogP contribution in [0.4, 0.5) is 15.5 Å². The van der Waals surface area contributed by atoms with Gasteiger partial charge in [-0.1, -0.05) is 18.2 Å². The minimum absolute atomic E-state index is 0.00128. The molecule has 154 valence electrons. The fourth-order valence-electron chi connectivity index (χ4n) is 4.38.